The Kier molecular flexibility index (Phi) is 9.30. The van der Waals surface area contributed by atoms with Crippen LogP contribution >= 0.6 is 0 Å². The van der Waals surface area contributed by atoms with Crippen molar-refractivity contribution in [1.29, 1.82) is 0 Å². The van der Waals surface area contributed by atoms with Gasteiger partial charge in [-0.1, -0.05) is 172 Å². The van der Waals surface area contributed by atoms with Gasteiger partial charge in [0.2, 0.25) is 0 Å². The number of para-hydroxylation sites is 2. The molecule has 65 heavy (non-hydrogen) atoms. The van der Waals surface area contributed by atoms with E-state index in [0.717, 1.165) is 12.8 Å². The first-order valence-electron chi connectivity index (χ1n) is 24.2. The summed E-state index contributed by atoms with van der Waals surface area (Å²) < 4.78 is 0. The fourth-order valence-corrected chi connectivity index (χ4v) is 12.4. The van der Waals surface area contributed by atoms with Gasteiger partial charge in [0.25, 0.3) is 6.71 Å². The zero-order chi connectivity index (χ0) is 45.3. The highest BCUT2D eigenvalue weighted by molar-refractivity contribution is 7.00. The molecule has 2 atom stereocenters. The number of rotatable bonds is 4. The van der Waals surface area contributed by atoms with E-state index in [4.69, 9.17) is 0 Å². The van der Waals surface area contributed by atoms with Crippen LogP contribution in [0, 0.1) is 0 Å². The van der Waals surface area contributed by atoms with Gasteiger partial charge >= 0.3 is 0 Å². The topological polar surface area (TPSA) is 9.72 Å². The summed E-state index contributed by atoms with van der Waals surface area (Å²) in [6.07, 6.45) is 4.67. The lowest BCUT2D eigenvalue weighted by molar-refractivity contribution is 0.215. The number of anilines is 8. The standard InChI is InChI=1S/C61H64BN3/c1-57(2,3)41-27-30-46(31-28-41)64-53-40-47(65-51-34-29-43(58(4,5)6)37-48(51)61(42-21-13-11-14-22-42)36-20-19-35-60(61,65)10)32-33-50(53)62-49-25-17-18-26-52(49)63(45-23-15-12-16-24-45)54-38-44(59(7,8)9)39-55(64)56(54)62/h11-18,21-34,37-40H,19-20,35-36H2,1-10H3. The van der Waals surface area contributed by atoms with Gasteiger partial charge < -0.3 is 14.7 Å². The van der Waals surface area contributed by atoms with Gasteiger partial charge in [-0.2, -0.15) is 0 Å². The predicted octanol–water partition coefficient (Wildman–Crippen LogP) is 14.4. The summed E-state index contributed by atoms with van der Waals surface area (Å²) in [7, 11) is 0. The van der Waals surface area contributed by atoms with Crippen LogP contribution in [0.1, 0.15) is 123 Å². The van der Waals surface area contributed by atoms with E-state index in [2.05, 4.69) is 242 Å². The third-order valence-corrected chi connectivity index (χ3v) is 15.8. The van der Waals surface area contributed by atoms with Crippen molar-refractivity contribution in [3.8, 4) is 0 Å². The van der Waals surface area contributed by atoms with Gasteiger partial charge in [0.1, 0.15) is 0 Å². The van der Waals surface area contributed by atoms with Crippen LogP contribution in [0.2, 0.25) is 0 Å². The second kappa shape index (κ2) is 14.5. The van der Waals surface area contributed by atoms with E-state index < -0.39 is 0 Å². The minimum absolute atomic E-state index is 0.0325. The van der Waals surface area contributed by atoms with Crippen LogP contribution in [0.3, 0.4) is 0 Å². The molecule has 7 aromatic carbocycles. The van der Waals surface area contributed by atoms with Crippen LogP contribution in [0.4, 0.5) is 45.5 Å². The molecule has 11 rings (SSSR count). The molecule has 3 heterocycles. The lowest BCUT2D eigenvalue weighted by Crippen LogP contribution is -2.61. The summed E-state index contributed by atoms with van der Waals surface area (Å²) >= 11 is 0. The second-order valence-electron chi connectivity index (χ2n) is 22.8. The Hall–Kier alpha value is -6.00. The number of nitrogens with zero attached hydrogens (tertiary/aromatic N) is 3. The Morgan fingerprint density at radius 3 is 1.63 bits per heavy atom. The monoisotopic (exact) mass is 850 g/mol. The SMILES string of the molecule is CC(C)(C)c1ccc(N2c3cc(N4c5ccc(C(C)(C)C)cc5C5(c6ccccc6)CCCCC45C)ccc3B3c4ccccc4N(c4ccccc4)c4cc(C(C)(C)C)cc2c43)cc1. The molecule has 4 heteroatoms. The third-order valence-electron chi connectivity index (χ3n) is 15.8. The van der Waals surface area contributed by atoms with Crippen LogP contribution in [0.5, 0.6) is 0 Å². The van der Waals surface area contributed by atoms with E-state index in [-0.39, 0.29) is 33.9 Å². The smallest absolute Gasteiger partial charge is 0.252 e. The highest BCUT2D eigenvalue weighted by atomic mass is 15.3. The molecule has 0 amide bonds. The van der Waals surface area contributed by atoms with E-state index in [1.165, 1.54) is 103 Å². The first-order valence-corrected chi connectivity index (χ1v) is 24.2. The van der Waals surface area contributed by atoms with Crippen molar-refractivity contribution < 1.29 is 0 Å². The Morgan fingerprint density at radius 1 is 0.431 bits per heavy atom. The number of benzene rings is 7. The summed E-state index contributed by atoms with van der Waals surface area (Å²) in [4.78, 5) is 7.95. The highest BCUT2D eigenvalue weighted by Crippen LogP contribution is 2.64. The van der Waals surface area contributed by atoms with Crippen LogP contribution in [-0.2, 0) is 21.7 Å². The molecule has 0 saturated heterocycles. The molecule has 3 aliphatic heterocycles. The molecule has 0 aromatic heterocycles. The van der Waals surface area contributed by atoms with Crippen molar-refractivity contribution in [2.45, 2.75) is 122 Å². The molecule has 7 aromatic rings. The first kappa shape index (κ1) is 41.7. The largest absolute Gasteiger partial charge is 0.334 e. The summed E-state index contributed by atoms with van der Waals surface area (Å²) in [5.74, 6) is 0. The second-order valence-corrected chi connectivity index (χ2v) is 22.8. The summed E-state index contributed by atoms with van der Waals surface area (Å²) in [5.41, 5.74) is 20.7. The first-order chi connectivity index (χ1) is 31.0. The van der Waals surface area contributed by atoms with Crippen LogP contribution in [0.25, 0.3) is 0 Å². The van der Waals surface area contributed by atoms with Gasteiger partial charge in [0.05, 0.1) is 5.54 Å². The maximum absolute atomic E-state index is 2.79. The molecule has 1 fully saturated rings. The number of fused-ring (bicyclic) bond motifs is 7. The van der Waals surface area contributed by atoms with E-state index in [1.54, 1.807) is 0 Å². The van der Waals surface area contributed by atoms with E-state index in [0.29, 0.717) is 0 Å². The van der Waals surface area contributed by atoms with Crippen molar-refractivity contribution in [3.05, 3.63) is 186 Å². The summed E-state index contributed by atoms with van der Waals surface area (Å²) in [6.45, 7) is 23.7. The lowest BCUT2D eigenvalue weighted by Gasteiger charge is -2.52. The van der Waals surface area contributed by atoms with Crippen molar-refractivity contribution in [2.24, 2.45) is 0 Å². The average Bonchev–Trinajstić information content (AvgIpc) is 3.53. The Morgan fingerprint density at radius 2 is 0.969 bits per heavy atom. The van der Waals surface area contributed by atoms with Crippen molar-refractivity contribution in [2.75, 3.05) is 14.7 Å². The number of hydrogen-bond acceptors (Lipinski definition) is 3. The van der Waals surface area contributed by atoms with Crippen molar-refractivity contribution in [1.82, 2.24) is 0 Å². The molecule has 1 aliphatic carbocycles. The van der Waals surface area contributed by atoms with Crippen LogP contribution in [-0.4, -0.2) is 12.3 Å². The Balaban J connectivity index is 1.21. The van der Waals surface area contributed by atoms with Gasteiger partial charge in [-0.3, -0.25) is 0 Å². The molecule has 0 bridgehead atoms. The molecule has 0 radical (unpaired) electrons. The Bertz CT molecular complexity index is 2970. The quantitative estimate of drug-likeness (QED) is 0.163. The maximum atomic E-state index is 2.79. The average molecular weight is 850 g/mol. The lowest BCUT2D eigenvalue weighted by atomic mass is 9.33. The van der Waals surface area contributed by atoms with Crippen molar-refractivity contribution in [3.63, 3.8) is 0 Å². The zero-order valence-electron chi connectivity index (χ0n) is 40.3. The molecule has 4 aliphatic rings. The van der Waals surface area contributed by atoms with Gasteiger partial charge in [-0.15, -0.1) is 0 Å². The predicted molar refractivity (Wildman–Crippen MR) is 279 cm³/mol. The summed E-state index contributed by atoms with van der Waals surface area (Å²) in [6, 6.07) is 61.2. The molecular weight excluding hydrogens is 786 g/mol. The molecule has 2 unspecified atom stereocenters. The van der Waals surface area contributed by atoms with Gasteiger partial charge in [-0.05, 0) is 141 Å². The molecule has 326 valence electrons. The molecular formula is C61H64BN3. The fraction of sp³-hybridized carbons (Fsp3) is 0.311. The van der Waals surface area contributed by atoms with Crippen molar-refractivity contribution >= 4 is 68.6 Å². The normalized spacial score (nSPS) is 19.9. The zero-order valence-corrected chi connectivity index (χ0v) is 40.3. The van der Waals surface area contributed by atoms with E-state index >= 15 is 0 Å². The number of hydrogen-bond donors (Lipinski definition) is 0. The van der Waals surface area contributed by atoms with Crippen LogP contribution in [0.15, 0.2) is 158 Å². The molecule has 0 spiro atoms. The van der Waals surface area contributed by atoms with Gasteiger partial charge in [-0.25, -0.2) is 0 Å². The molecule has 1 saturated carbocycles. The summed E-state index contributed by atoms with van der Waals surface area (Å²) in [5, 5.41) is 0. The minimum atomic E-state index is -0.189. The van der Waals surface area contributed by atoms with E-state index in [9.17, 15) is 0 Å². The minimum Gasteiger partial charge on any atom is -0.334 e. The van der Waals surface area contributed by atoms with E-state index in [1.807, 2.05) is 0 Å². The Labute approximate surface area is 389 Å². The third kappa shape index (κ3) is 6.22. The fourth-order valence-electron chi connectivity index (χ4n) is 12.4. The van der Waals surface area contributed by atoms with Gasteiger partial charge in [0.15, 0.2) is 0 Å². The maximum Gasteiger partial charge on any atom is 0.252 e. The molecule has 3 nitrogen and oxygen atoms in total. The van der Waals surface area contributed by atoms with Gasteiger partial charge in [0, 0.05) is 50.9 Å². The highest BCUT2D eigenvalue weighted by Gasteiger charge is 2.61. The van der Waals surface area contributed by atoms with Crippen LogP contribution < -0.4 is 31.1 Å². The molecule has 0 N–H and O–H groups in total.